The van der Waals surface area contributed by atoms with Crippen molar-refractivity contribution in [3.63, 3.8) is 0 Å². The van der Waals surface area contributed by atoms with Gasteiger partial charge < -0.3 is 10.2 Å². The molecule has 0 aliphatic carbocycles. The van der Waals surface area contributed by atoms with Crippen LogP contribution in [-0.2, 0) is 4.79 Å². The summed E-state index contributed by atoms with van der Waals surface area (Å²) in [5, 5.41) is 21.9. The topological polar surface area (TPSA) is 69.6 Å². The zero-order valence-electron chi connectivity index (χ0n) is 8.48. The van der Waals surface area contributed by atoms with E-state index < -0.39 is 12.0 Å². The number of phenolic OH excluding ortho intramolecular Hbond substituents is 1. The van der Waals surface area contributed by atoms with Gasteiger partial charge in [-0.3, -0.25) is 10.1 Å². The van der Waals surface area contributed by atoms with Gasteiger partial charge in [0, 0.05) is 16.3 Å². The molecule has 17 heavy (non-hydrogen) atoms. The molecular formula is C10H9BrClNO3S. The second kappa shape index (κ2) is 5.06. The molecule has 1 saturated heterocycles. The molecule has 1 aliphatic heterocycles. The van der Waals surface area contributed by atoms with E-state index in [1.165, 1.54) is 11.8 Å². The third-order valence-corrected chi connectivity index (χ3v) is 4.49. The third-order valence-electron chi connectivity index (χ3n) is 2.42. The predicted molar refractivity (Wildman–Crippen MR) is 70.6 cm³/mol. The largest absolute Gasteiger partial charge is 0.506 e. The van der Waals surface area contributed by atoms with Gasteiger partial charge in [0.1, 0.15) is 11.8 Å². The molecule has 7 heteroatoms. The fraction of sp³-hybridized carbons (Fsp3) is 0.300. The van der Waals surface area contributed by atoms with Crippen molar-refractivity contribution in [3.8, 4) is 5.75 Å². The van der Waals surface area contributed by atoms with Crippen LogP contribution in [0.25, 0.3) is 0 Å². The molecule has 2 unspecified atom stereocenters. The Morgan fingerprint density at radius 1 is 1.59 bits per heavy atom. The molecular weight excluding hydrogens is 330 g/mol. The number of halogens is 2. The summed E-state index contributed by atoms with van der Waals surface area (Å²) in [6, 6.07) is 2.63. The van der Waals surface area contributed by atoms with Gasteiger partial charge in [-0.15, -0.1) is 11.8 Å². The molecule has 1 aliphatic rings. The van der Waals surface area contributed by atoms with Crippen LogP contribution in [0.3, 0.4) is 0 Å². The van der Waals surface area contributed by atoms with Crippen LogP contribution in [0, 0.1) is 0 Å². The molecule has 1 aromatic carbocycles. The van der Waals surface area contributed by atoms with Gasteiger partial charge in [0.25, 0.3) is 0 Å². The van der Waals surface area contributed by atoms with E-state index in [1.54, 1.807) is 12.1 Å². The maximum atomic E-state index is 10.8. The highest BCUT2D eigenvalue weighted by molar-refractivity contribution is 9.10. The summed E-state index contributed by atoms with van der Waals surface area (Å²) in [7, 11) is 0. The van der Waals surface area contributed by atoms with E-state index in [1.807, 2.05) is 0 Å². The number of thioether (sulfide) groups is 1. The first-order valence-corrected chi connectivity index (χ1v) is 6.99. The quantitative estimate of drug-likeness (QED) is 0.773. The van der Waals surface area contributed by atoms with Gasteiger partial charge in [-0.05, 0) is 28.1 Å². The number of hydrogen-bond acceptors (Lipinski definition) is 4. The summed E-state index contributed by atoms with van der Waals surface area (Å²) in [5.74, 6) is -0.338. The van der Waals surface area contributed by atoms with Gasteiger partial charge in [0.05, 0.1) is 9.85 Å². The van der Waals surface area contributed by atoms with Crippen LogP contribution in [-0.4, -0.2) is 28.0 Å². The molecule has 92 valence electrons. The molecule has 4 nitrogen and oxygen atoms in total. The number of hydrogen-bond donors (Lipinski definition) is 3. The van der Waals surface area contributed by atoms with Crippen molar-refractivity contribution < 1.29 is 15.0 Å². The lowest BCUT2D eigenvalue weighted by molar-refractivity contribution is -0.138. The monoisotopic (exact) mass is 337 g/mol. The molecule has 0 saturated carbocycles. The highest BCUT2D eigenvalue weighted by atomic mass is 79.9. The van der Waals surface area contributed by atoms with Crippen LogP contribution in [0.5, 0.6) is 5.75 Å². The van der Waals surface area contributed by atoms with Crippen molar-refractivity contribution >= 4 is 45.3 Å². The van der Waals surface area contributed by atoms with E-state index in [2.05, 4.69) is 21.2 Å². The first-order chi connectivity index (χ1) is 7.99. The maximum absolute atomic E-state index is 10.8. The van der Waals surface area contributed by atoms with Crippen molar-refractivity contribution in [2.45, 2.75) is 11.4 Å². The molecule has 0 radical (unpaired) electrons. The summed E-state index contributed by atoms with van der Waals surface area (Å²) in [4.78, 5) is 10.8. The Bertz CT molecular complexity index is 471. The van der Waals surface area contributed by atoms with E-state index in [0.717, 1.165) is 0 Å². The molecule has 0 spiro atoms. The third kappa shape index (κ3) is 2.70. The molecule has 0 aromatic heterocycles. The Balaban J connectivity index is 2.27. The predicted octanol–water partition coefficient (Wildman–Crippen LogP) is 2.60. The summed E-state index contributed by atoms with van der Waals surface area (Å²) in [5.41, 5.74) is 0.595. The fourth-order valence-corrected chi connectivity index (χ4v) is 3.66. The maximum Gasteiger partial charge on any atom is 0.321 e. The Morgan fingerprint density at radius 2 is 2.29 bits per heavy atom. The molecule has 2 rings (SSSR count). The fourth-order valence-electron chi connectivity index (χ4n) is 1.58. The highest BCUT2D eigenvalue weighted by Gasteiger charge is 2.32. The van der Waals surface area contributed by atoms with E-state index >= 15 is 0 Å². The van der Waals surface area contributed by atoms with Gasteiger partial charge >= 0.3 is 5.97 Å². The SMILES string of the molecule is O=C(O)C1CSC(c2cc(Cl)cc(Br)c2O)N1. The van der Waals surface area contributed by atoms with Crippen molar-refractivity contribution in [1.29, 1.82) is 0 Å². The van der Waals surface area contributed by atoms with Gasteiger partial charge in [-0.2, -0.15) is 0 Å². The van der Waals surface area contributed by atoms with Gasteiger partial charge in [0.15, 0.2) is 0 Å². The normalized spacial score (nSPS) is 23.9. The lowest BCUT2D eigenvalue weighted by Gasteiger charge is -2.14. The standard InChI is InChI=1S/C10H9BrClNO3S/c11-6-2-4(12)1-5(8(6)14)9-13-7(3-17-9)10(15)16/h1-2,7,9,13-14H,3H2,(H,15,16). The van der Waals surface area contributed by atoms with Crippen molar-refractivity contribution in [3.05, 3.63) is 27.2 Å². The Morgan fingerprint density at radius 3 is 2.88 bits per heavy atom. The summed E-state index contributed by atoms with van der Waals surface area (Å²) in [6.07, 6.45) is 0. The minimum absolute atomic E-state index is 0.0884. The Kier molecular flexibility index (Phi) is 3.87. The van der Waals surface area contributed by atoms with Gasteiger partial charge in [-0.25, -0.2) is 0 Å². The lowest BCUT2D eigenvalue weighted by atomic mass is 10.2. The molecule has 1 fully saturated rings. The molecule has 1 heterocycles. The number of nitrogens with one attached hydrogen (secondary N) is 1. The number of carbonyl (C=O) groups is 1. The van der Waals surface area contributed by atoms with Crippen molar-refractivity contribution in [1.82, 2.24) is 5.32 Å². The highest BCUT2D eigenvalue weighted by Crippen LogP contribution is 2.41. The first-order valence-electron chi connectivity index (χ1n) is 4.77. The average molecular weight is 339 g/mol. The number of aromatic hydroxyl groups is 1. The van der Waals surface area contributed by atoms with Crippen LogP contribution >= 0.6 is 39.3 Å². The number of phenols is 1. The molecule has 0 amide bonds. The molecule has 0 bridgehead atoms. The summed E-state index contributed by atoms with van der Waals surface area (Å²) < 4.78 is 0.501. The lowest BCUT2D eigenvalue weighted by Crippen LogP contribution is -2.33. The first kappa shape index (κ1) is 13.0. The van der Waals surface area contributed by atoms with Crippen LogP contribution in [0.15, 0.2) is 16.6 Å². The smallest absolute Gasteiger partial charge is 0.321 e. The summed E-state index contributed by atoms with van der Waals surface area (Å²) in [6.45, 7) is 0. The van der Waals surface area contributed by atoms with Crippen molar-refractivity contribution in [2.75, 3.05) is 5.75 Å². The minimum atomic E-state index is -0.888. The number of benzene rings is 1. The number of carboxylic acids is 1. The van der Waals surface area contributed by atoms with E-state index in [-0.39, 0.29) is 11.1 Å². The van der Waals surface area contributed by atoms with E-state index in [9.17, 15) is 9.90 Å². The molecule has 1 aromatic rings. The number of aliphatic carboxylic acids is 1. The second-order valence-corrected chi connectivity index (χ2v) is 6.03. The van der Waals surface area contributed by atoms with Crippen LogP contribution in [0.4, 0.5) is 0 Å². The molecule has 2 atom stereocenters. The van der Waals surface area contributed by atoms with Crippen molar-refractivity contribution in [2.24, 2.45) is 0 Å². The van der Waals surface area contributed by atoms with E-state index in [4.69, 9.17) is 16.7 Å². The van der Waals surface area contributed by atoms with Crippen LogP contribution in [0.2, 0.25) is 5.02 Å². The minimum Gasteiger partial charge on any atom is -0.506 e. The Labute approximate surface area is 115 Å². The van der Waals surface area contributed by atoms with Crippen LogP contribution in [0.1, 0.15) is 10.9 Å². The Hall–Kier alpha value is -0.430. The van der Waals surface area contributed by atoms with Gasteiger partial charge in [0.2, 0.25) is 0 Å². The number of rotatable bonds is 2. The average Bonchev–Trinajstić information content (AvgIpc) is 2.72. The molecule has 3 N–H and O–H groups in total. The number of carboxylic acid groups (broad SMARTS) is 1. The second-order valence-electron chi connectivity index (χ2n) is 3.60. The van der Waals surface area contributed by atoms with Gasteiger partial charge in [-0.1, -0.05) is 11.6 Å². The summed E-state index contributed by atoms with van der Waals surface area (Å²) >= 11 is 10.5. The van der Waals surface area contributed by atoms with E-state index in [0.29, 0.717) is 20.8 Å². The zero-order chi connectivity index (χ0) is 12.6. The zero-order valence-corrected chi connectivity index (χ0v) is 11.6. The van der Waals surface area contributed by atoms with Crippen LogP contribution < -0.4 is 5.32 Å².